The van der Waals surface area contributed by atoms with E-state index in [9.17, 15) is 9.59 Å². The van der Waals surface area contributed by atoms with Gasteiger partial charge >= 0.3 is 5.97 Å². The summed E-state index contributed by atoms with van der Waals surface area (Å²) in [4.78, 5) is 21.5. The summed E-state index contributed by atoms with van der Waals surface area (Å²) in [5.74, 6) is -0.434. The van der Waals surface area contributed by atoms with Gasteiger partial charge in [-0.15, -0.1) is 0 Å². The maximum atomic E-state index is 11.0. The second-order valence-electron chi connectivity index (χ2n) is 3.68. The maximum Gasteiger partial charge on any atom is 0.333 e. The number of hydrogen-bond acceptors (Lipinski definition) is 5. The van der Waals surface area contributed by atoms with E-state index in [0.717, 1.165) is 19.1 Å². The lowest BCUT2D eigenvalue weighted by atomic mass is 10.0. The maximum absolute atomic E-state index is 11.0. The van der Waals surface area contributed by atoms with Crippen molar-refractivity contribution >= 4 is 12.3 Å². The minimum absolute atomic E-state index is 0.167. The molecule has 5 heteroatoms. The molecule has 0 amide bonds. The summed E-state index contributed by atoms with van der Waals surface area (Å²) in [5, 5.41) is 0. The van der Waals surface area contributed by atoms with Crippen molar-refractivity contribution in [1.82, 2.24) is 0 Å². The van der Waals surface area contributed by atoms with Crippen LogP contribution in [0.5, 0.6) is 0 Å². The highest BCUT2D eigenvalue weighted by atomic mass is 16.5. The molecule has 1 rings (SSSR count). The van der Waals surface area contributed by atoms with Gasteiger partial charge in [-0.25, -0.2) is 4.79 Å². The minimum Gasteiger partial charge on any atom is -0.495 e. The smallest absolute Gasteiger partial charge is 0.333 e. The van der Waals surface area contributed by atoms with E-state index in [-0.39, 0.29) is 12.2 Å². The molecule has 0 aromatic rings. The monoisotopic (exact) mass is 242 g/mol. The number of esters is 1. The molecule has 0 aliphatic carbocycles. The van der Waals surface area contributed by atoms with Crippen molar-refractivity contribution in [1.29, 1.82) is 0 Å². The Hall–Kier alpha value is -1.36. The average Bonchev–Trinajstić information content (AvgIpc) is 2.32. The Morgan fingerprint density at radius 3 is 3.06 bits per heavy atom. The van der Waals surface area contributed by atoms with Gasteiger partial charge in [0.1, 0.15) is 18.5 Å². The summed E-state index contributed by atoms with van der Waals surface area (Å²) in [7, 11) is 0. The molecule has 2 atom stereocenters. The van der Waals surface area contributed by atoms with Crippen LogP contribution in [0.4, 0.5) is 0 Å². The molecule has 1 fully saturated rings. The van der Waals surface area contributed by atoms with Gasteiger partial charge in [0, 0.05) is 13.0 Å². The first kappa shape index (κ1) is 13.7. The Labute approximate surface area is 101 Å². The lowest BCUT2D eigenvalue weighted by Crippen LogP contribution is -2.35. The van der Waals surface area contributed by atoms with Crippen LogP contribution in [0.15, 0.2) is 12.3 Å². The number of carbonyl (C=O) groups is 2. The Kier molecular flexibility index (Phi) is 6.32. The van der Waals surface area contributed by atoms with Gasteiger partial charge in [-0.2, -0.15) is 0 Å². The highest BCUT2D eigenvalue weighted by Gasteiger charge is 2.26. The van der Waals surface area contributed by atoms with Crippen LogP contribution in [-0.4, -0.2) is 37.7 Å². The van der Waals surface area contributed by atoms with Gasteiger partial charge in [-0.05, 0) is 19.8 Å². The molecule has 1 saturated heterocycles. The van der Waals surface area contributed by atoms with Crippen LogP contribution in [0.25, 0.3) is 0 Å². The zero-order valence-corrected chi connectivity index (χ0v) is 9.96. The van der Waals surface area contributed by atoms with Gasteiger partial charge in [0.2, 0.25) is 0 Å². The molecule has 0 radical (unpaired) electrons. The number of hydrogen-bond donors (Lipinski definition) is 0. The number of rotatable bonds is 6. The van der Waals surface area contributed by atoms with Crippen molar-refractivity contribution in [3.8, 4) is 0 Å². The van der Waals surface area contributed by atoms with E-state index >= 15 is 0 Å². The van der Waals surface area contributed by atoms with Gasteiger partial charge in [0.15, 0.2) is 0 Å². The topological polar surface area (TPSA) is 61.8 Å². The molecule has 0 saturated carbocycles. The highest BCUT2D eigenvalue weighted by Crippen LogP contribution is 2.19. The molecule has 0 bridgehead atoms. The van der Waals surface area contributed by atoms with Crippen LogP contribution < -0.4 is 0 Å². The first-order valence-corrected chi connectivity index (χ1v) is 5.82. The van der Waals surface area contributed by atoms with E-state index in [2.05, 4.69) is 0 Å². The van der Waals surface area contributed by atoms with Crippen molar-refractivity contribution in [3.63, 3.8) is 0 Å². The van der Waals surface area contributed by atoms with Crippen LogP contribution >= 0.6 is 0 Å². The SMILES string of the molecule is CCOC(=O)/C=C/O[C@H]1CCCO[C@@H]1CC=O. The molecule has 17 heavy (non-hydrogen) atoms. The molecule has 0 aromatic carbocycles. The standard InChI is InChI=1S/C12H18O5/c1-2-15-12(14)6-9-17-10-4-3-8-16-11(10)5-7-13/h6-7,9-11H,2-5,8H2,1H3/b9-6+/t10-,11+/m0/s1. The van der Waals surface area contributed by atoms with Crippen LogP contribution in [0, 0.1) is 0 Å². The Morgan fingerprint density at radius 1 is 1.53 bits per heavy atom. The van der Waals surface area contributed by atoms with E-state index in [0.29, 0.717) is 19.6 Å². The van der Waals surface area contributed by atoms with Gasteiger partial charge in [0.05, 0.1) is 18.9 Å². The van der Waals surface area contributed by atoms with Crippen molar-refractivity contribution in [2.75, 3.05) is 13.2 Å². The normalized spacial score (nSPS) is 24.5. The molecule has 1 heterocycles. The molecule has 0 aromatic heterocycles. The van der Waals surface area contributed by atoms with Crippen molar-refractivity contribution < 1.29 is 23.8 Å². The third kappa shape index (κ3) is 4.99. The summed E-state index contributed by atoms with van der Waals surface area (Å²) < 4.78 is 15.5. The lowest BCUT2D eigenvalue weighted by molar-refractivity contribution is -0.137. The molecule has 1 aliphatic heterocycles. The van der Waals surface area contributed by atoms with Gasteiger partial charge < -0.3 is 19.0 Å². The van der Waals surface area contributed by atoms with E-state index in [1.54, 1.807) is 6.92 Å². The fourth-order valence-electron chi connectivity index (χ4n) is 1.67. The fraction of sp³-hybridized carbons (Fsp3) is 0.667. The van der Waals surface area contributed by atoms with E-state index in [4.69, 9.17) is 14.2 Å². The molecule has 0 N–H and O–H groups in total. The Balaban J connectivity index is 2.37. The van der Waals surface area contributed by atoms with Gasteiger partial charge in [-0.3, -0.25) is 0 Å². The van der Waals surface area contributed by atoms with Crippen LogP contribution in [0.3, 0.4) is 0 Å². The molecule has 0 unspecified atom stereocenters. The molecular weight excluding hydrogens is 224 g/mol. The molecule has 96 valence electrons. The summed E-state index contributed by atoms with van der Waals surface area (Å²) in [6.07, 6.45) is 5.02. The lowest BCUT2D eigenvalue weighted by Gasteiger charge is -2.29. The van der Waals surface area contributed by atoms with E-state index in [1.807, 2.05) is 0 Å². The molecule has 0 spiro atoms. The Morgan fingerprint density at radius 2 is 2.35 bits per heavy atom. The summed E-state index contributed by atoms with van der Waals surface area (Å²) >= 11 is 0. The summed E-state index contributed by atoms with van der Waals surface area (Å²) in [6.45, 7) is 2.73. The number of carbonyl (C=O) groups excluding carboxylic acids is 2. The second kappa shape index (κ2) is 7.84. The van der Waals surface area contributed by atoms with Crippen LogP contribution in [-0.2, 0) is 23.8 Å². The van der Waals surface area contributed by atoms with Crippen molar-refractivity contribution in [3.05, 3.63) is 12.3 Å². The largest absolute Gasteiger partial charge is 0.495 e. The third-order valence-electron chi connectivity index (χ3n) is 2.45. The zero-order chi connectivity index (χ0) is 12.5. The van der Waals surface area contributed by atoms with Gasteiger partial charge in [-0.1, -0.05) is 0 Å². The van der Waals surface area contributed by atoms with Crippen LogP contribution in [0.1, 0.15) is 26.2 Å². The average molecular weight is 242 g/mol. The minimum atomic E-state index is -0.434. The van der Waals surface area contributed by atoms with Crippen molar-refractivity contribution in [2.45, 2.75) is 38.4 Å². The predicted molar refractivity (Wildman–Crippen MR) is 60.3 cm³/mol. The molecule has 1 aliphatic rings. The summed E-state index contributed by atoms with van der Waals surface area (Å²) in [6, 6.07) is 0. The van der Waals surface area contributed by atoms with E-state index in [1.165, 1.54) is 12.3 Å². The van der Waals surface area contributed by atoms with Gasteiger partial charge in [0.25, 0.3) is 0 Å². The van der Waals surface area contributed by atoms with Crippen molar-refractivity contribution in [2.24, 2.45) is 0 Å². The summed E-state index contributed by atoms with van der Waals surface area (Å²) in [5.41, 5.74) is 0. The number of ether oxygens (including phenoxy) is 3. The predicted octanol–water partition coefficient (Wildman–Crippen LogP) is 1.22. The molecular formula is C12H18O5. The van der Waals surface area contributed by atoms with E-state index < -0.39 is 5.97 Å². The fourth-order valence-corrected chi connectivity index (χ4v) is 1.67. The molecule has 5 nitrogen and oxygen atoms in total. The highest BCUT2D eigenvalue weighted by molar-refractivity contribution is 5.81. The first-order chi connectivity index (χ1) is 8.27. The first-order valence-electron chi connectivity index (χ1n) is 5.82. The number of aldehydes is 1. The Bertz CT molecular complexity index is 274. The van der Waals surface area contributed by atoms with Crippen LogP contribution in [0.2, 0.25) is 0 Å². The second-order valence-corrected chi connectivity index (χ2v) is 3.68. The third-order valence-corrected chi connectivity index (χ3v) is 2.45. The zero-order valence-electron chi connectivity index (χ0n) is 9.96. The quantitative estimate of drug-likeness (QED) is 0.303.